The number of nitrogens with one attached hydrogen (secondary N) is 1. The first-order chi connectivity index (χ1) is 5.27. The molecular weight excluding hydrogens is 158 g/mol. The van der Waals surface area contributed by atoms with Crippen molar-refractivity contribution in [3.63, 3.8) is 0 Å². The van der Waals surface area contributed by atoms with E-state index in [1.54, 1.807) is 11.8 Å². The Balaban J connectivity index is 2.79. The summed E-state index contributed by atoms with van der Waals surface area (Å²) in [5.41, 5.74) is 1.22. The zero-order valence-electron chi connectivity index (χ0n) is 7.09. The minimum absolute atomic E-state index is 0.879. The Kier molecular flexibility index (Phi) is 2.96. The van der Waals surface area contributed by atoms with Crippen LogP contribution in [0.4, 0.5) is 0 Å². The Labute approximate surface area is 71.2 Å². The maximum Gasteiger partial charge on any atom is 0.118 e. The third-order valence-corrected chi connectivity index (χ3v) is 2.14. The van der Waals surface area contributed by atoms with Crippen LogP contribution in [0.25, 0.3) is 0 Å². The Morgan fingerprint density at radius 2 is 2.45 bits per heavy atom. The fraction of sp³-hybridized carbons (Fsp3) is 0.571. The standard InChI is InChI=1S/C7H13N3S/c1-8-5-6-4-7(11-3)9-10(6)2/h4,8H,5H2,1-3H3. The molecule has 0 aliphatic carbocycles. The fourth-order valence-electron chi connectivity index (χ4n) is 0.923. The van der Waals surface area contributed by atoms with Gasteiger partial charge in [0.25, 0.3) is 0 Å². The molecule has 0 aromatic carbocycles. The summed E-state index contributed by atoms with van der Waals surface area (Å²) in [6.45, 7) is 0.879. The van der Waals surface area contributed by atoms with Crippen LogP contribution in [-0.2, 0) is 13.6 Å². The van der Waals surface area contributed by atoms with Crippen LogP contribution in [-0.4, -0.2) is 23.1 Å². The van der Waals surface area contributed by atoms with Crippen LogP contribution in [0.3, 0.4) is 0 Å². The summed E-state index contributed by atoms with van der Waals surface area (Å²) in [6, 6.07) is 2.10. The van der Waals surface area contributed by atoms with Crippen LogP contribution >= 0.6 is 11.8 Å². The molecule has 0 fully saturated rings. The molecule has 0 aliphatic heterocycles. The lowest BCUT2D eigenvalue weighted by molar-refractivity contribution is 0.661. The molecule has 1 rings (SSSR count). The molecule has 1 aromatic rings. The van der Waals surface area contributed by atoms with E-state index >= 15 is 0 Å². The van der Waals surface area contributed by atoms with Gasteiger partial charge in [-0.1, -0.05) is 0 Å². The zero-order chi connectivity index (χ0) is 8.27. The Bertz CT molecular complexity index is 232. The highest BCUT2D eigenvalue weighted by Gasteiger charge is 2.01. The lowest BCUT2D eigenvalue weighted by atomic mass is 10.4. The predicted molar refractivity (Wildman–Crippen MR) is 47.8 cm³/mol. The second-order valence-corrected chi connectivity index (χ2v) is 3.16. The van der Waals surface area contributed by atoms with Crippen LogP contribution in [0, 0.1) is 0 Å². The van der Waals surface area contributed by atoms with Crippen LogP contribution in [0.15, 0.2) is 11.1 Å². The van der Waals surface area contributed by atoms with Gasteiger partial charge < -0.3 is 5.32 Å². The second kappa shape index (κ2) is 3.78. The van der Waals surface area contributed by atoms with Crippen molar-refractivity contribution in [3.8, 4) is 0 Å². The molecule has 1 N–H and O–H groups in total. The summed E-state index contributed by atoms with van der Waals surface area (Å²) in [7, 11) is 3.90. The molecule has 1 aromatic heterocycles. The minimum atomic E-state index is 0.879. The number of thioether (sulfide) groups is 1. The van der Waals surface area contributed by atoms with Crippen molar-refractivity contribution in [2.45, 2.75) is 11.6 Å². The number of nitrogens with zero attached hydrogens (tertiary/aromatic N) is 2. The first kappa shape index (κ1) is 8.62. The summed E-state index contributed by atoms with van der Waals surface area (Å²) in [5.74, 6) is 0. The molecule has 4 heteroatoms. The van der Waals surface area contributed by atoms with E-state index in [0.717, 1.165) is 11.6 Å². The van der Waals surface area contributed by atoms with Crippen LogP contribution in [0.1, 0.15) is 5.69 Å². The third-order valence-electron chi connectivity index (χ3n) is 1.52. The van der Waals surface area contributed by atoms with E-state index in [4.69, 9.17) is 0 Å². The highest BCUT2D eigenvalue weighted by atomic mass is 32.2. The lowest BCUT2D eigenvalue weighted by Crippen LogP contribution is -2.09. The van der Waals surface area contributed by atoms with Gasteiger partial charge in [0.05, 0.1) is 5.69 Å². The van der Waals surface area contributed by atoms with Gasteiger partial charge in [0, 0.05) is 13.6 Å². The summed E-state index contributed by atoms with van der Waals surface area (Å²) >= 11 is 1.67. The second-order valence-electron chi connectivity index (χ2n) is 2.33. The van der Waals surface area contributed by atoms with E-state index in [1.165, 1.54) is 5.69 Å². The van der Waals surface area contributed by atoms with Gasteiger partial charge in [-0.25, -0.2) is 0 Å². The van der Waals surface area contributed by atoms with Gasteiger partial charge in [0.1, 0.15) is 5.03 Å². The molecule has 0 radical (unpaired) electrons. The fourth-order valence-corrected chi connectivity index (χ4v) is 1.38. The smallest absolute Gasteiger partial charge is 0.118 e. The summed E-state index contributed by atoms with van der Waals surface area (Å²) < 4.78 is 1.91. The number of hydrogen-bond acceptors (Lipinski definition) is 3. The van der Waals surface area contributed by atoms with Gasteiger partial charge >= 0.3 is 0 Å². The molecule has 0 atom stereocenters. The first-order valence-electron chi connectivity index (χ1n) is 3.49. The van der Waals surface area contributed by atoms with Gasteiger partial charge in [-0.2, -0.15) is 5.10 Å². The quantitative estimate of drug-likeness (QED) is 0.684. The van der Waals surface area contributed by atoms with Crippen molar-refractivity contribution in [3.05, 3.63) is 11.8 Å². The number of hydrogen-bond donors (Lipinski definition) is 1. The number of rotatable bonds is 3. The van der Waals surface area contributed by atoms with Gasteiger partial charge in [0.2, 0.25) is 0 Å². The zero-order valence-corrected chi connectivity index (χ0v) is 7.90. The lowest BCUT2D eigenvalue weighted by Gasteiger charge is -1.97. The largest absolute Gasteiger partial charge is 0.314 e. The molecular formula is C7H13N3S. The maximum absolute atomic E-state index is 4.29. The monoisotopic (exact) mass is 171 g/mol. The molecule has 0 amide bonds. The van der Waals surface area contributed by atoms with Gasteiger partial charge in [-0.3, -0.25) is 4.68 Å². The molecule has 0 saturated heterocycles. The molecule has 11 heavy (non-hydrogen) atoms. The summed E-state index contributed by atoms with van der Waals surface area (Å²) in [5, 5.41) is 8.46. The SMILES string of the molecule is CNCc1cc(SC)nn1C. The Hall–Kier alpha value is -0.480. The van der Waals surface area contributed by atoms with E-state index in [2.05, 4.69) is 16.5 Å². The van der Waals surface area contributed by atoms with Crippen molar-refractivity contribution in [2.75, 3.05) is 13.3 Å². The van der Waals surface area contributed by atoms with E-state index in [-0.39, 0.29) is 0 Å². The predicted octanol–water partition coefficient (Wildman–Crippen LogP) is 0.861. The van der Waals surface area contributed by atoms with Gasteiger partial charge in [-0.15, -0.1) is 11.8 Å². The molecule has 1 heterocycles. The molecule has 0 aliphatic rings. The molecule has 0 saturated carbocycles. The molecule has 3 nitrogen and oxygen atoms in total. The molecule has 0 spiro atoms. The Morgan fingerprint density at radius 1 is 1.73 bits per heavy atom. The molecule has 0 bridgehead atoms. The van der Waals surface area contributed by atoms with Crippen LogP contribution in [0.2, 0.25) is 0 Å². The van der Waals surface area contributed by atoms with E-state index < -0.39 is 0 Å². The van der Waals surface area contributed by atoms with Crippen molar-refractivity contribution in [1.29, 1.82) is 0 Å². The normalized spacial score (nSPS) is 10.5. The summed E-state index contributed by atoms with van der Waals surface area (Å²) in [4.78, 5) is 0. The van der Waals surface area contributed by atoms with E-state index in [1.807, 2.05) is 25.0 Å². The topological polar surface area (TPSA) is 29.9 Å². The number of aromatic nitrogens is 2. The molecule has 62 valence electrons. The van der Waals surface area contributed by atoms with Crippen LogP contribution < -0.4 is 5.32 Å². The van der Waals surface area contributed by atoms with Crippen molar-refractivity contribution < 1.29 is 0 Å². The van der Waals surface area contributed by atoms with Gasteiger partial charge in [-0.05, 0) is 19.4 Å². The van der Waals surface area contributed by atoms with Crippen molar-refractivity contribution >= 4 is 11.8 Å². The van der Waals surface area contributed by atoms with Crippen LogP contribution in [0.5, 0.6) is 0 Å². The average molecular weight is 171 g/mol. The van der Waals surface area contributed by atoms with Crippen molar-refractivity contribution in [1.82, 2.24) is 15.1 Å². The Morgan fingerprint density at radius 3 is 2.91 bits per heavy atom. The first-order valence-corrected chi connectivity index (χ1v) is 4.72. The average Bonchev–Trinajstić information content (AvgIpc) is 2.33. The number of aryl methyl sites for hydroxylation is 1. The third kappa shape index (κ3) is 1.97. The minimum Gasteiger partial charge on any atom is -0.314 e. The molecule has 0 unspecified atom stereocenters. The summed E-state index contributed by atoms with van der Waals surface area (Å²) in [6.07, 6.45) is 2.03. The van der Waals surface area contributed by atoms with Gasteiger partial charge in [0.15, 0.2) is 0 Å². The van der Waals surface area contributed by atoms with Crippen molar-refractivity contribution in [2.24, 2.45) is 7.05 Å². The maximum atomic E-state index is 4.29. The highest BCUT2D eigenvalue weighted by molar-refractivity contribution is 7.98. The van der Waals surface area contributed by atoms with E-state index in [0.29, 0.717) is 0 Å². The van der Waals surface area contributed by atoms with E-state index in [9.17, 15) is 0 Å². The highest BCUT2D eigenvalue weighted by Crippen LogP contribution is 2.13.